The Balaban J connectivity index is 2.72. The number of anilines is 1. The van der Waals surface area contributed by atoms with Crippen LogP contribution in [0.2, 0.25) is 0 Å². The maximum Gasteiger partial charge on any atom is 0.356 e. The second-order valence-corrected chi connectivity index (χ2v) is 3.91. The van der Waals surface area contributed by atoms with Crippen molar-refractivity contribution in [1.82, 2.24) is 4.98 Å². The van der Waals surface area contributed by atoms with Crippen molar-refractivity contribution in [1.29, 1.82) is 0 Å². The summed E-state index contributed by atoms with van der Waals surface area (Å²) in [5.41, 5.74) is 4.23. The van der Waals surface area contributed by atoms with E-state index in [4.69, 9.17) is 15.6 Å². The van der Waals surface area contributed by atoms with Crippen molar-refractivity contribution in [3.63, 3.8) is 0 Å². The molecule has 20 heavy (non-hydrogen) atoms. The van der Waals surface area contributed by atoms with E-state index in [2.05, 4.69) is 4.98 Å². The normalized spacial score (nSPS) is 10.3. The fourth-order valence-electron chi connectivity index (χ4n) is 1.73. The van der Waals surface area contributed by atoms with Crippen molar-refractivity contribution in [3.8, 4) is 17.0 Å². The standard InChI is InChI=1S/C13H10F2N2O3/c1-20-10-3-2-6(14)4-7(10)11-8(15)5-9(16)12(17-11)13(18)19/h2-5H,16H2,1H3,(H,18,19). The van der Waals surface area contributed by atoms with Crippen molar-refractivity contribution in [3.05, 3.63) is 41.6 Å². The summed E-state index contributed by atoms with van der Waals surface area (Å²) in [6.07, 6.45) is 0. The monoisotopic (exact) mass is 280 g/mol. The molecule has 1 aromatic carbocycles. The van der Waals surface area contributed by atoms with E-state index in [0.717, 1.165) is 18.2 Å². The summed E-state index contributed by atoms with van der Waals surface area (Å²) in [7, 11) is 1.32. The number of carboxylic acid groups (broad SMARTS) is 1. The fraction of sp³-hybridized carbons (Fsp3) is 0.0769. The zero-order chi connectivity index (χ0) is 14.9. The lowest BCUT2D eigenvalue weighted by atomic mass is 10.1. The number of hydrogen-bond donors (Lipinski definition) is 2. The van der Waals surface area contributed by atoms with Crippen LogP contribution in [0.4, 0.5) is 14.5 Å². The van der Waals surface area contributed by atoms with E-state index in [0.29, 0.717) is 0 Å². The summed E-state index contributed by atoms with van der Waals surface area (Å²) in [6.45, 7) is 0. The van der Waals surface area contributed by atoms with E-state index < -0.39 is 23.3 Å². The zero-order valence-electron chi connectivity index (χ0n) is 10.4. The first kappa shape index (κ1) is 13.7. The van der Waals surface area contributed by atoms with Gasteiger partial charge in [0.05, 0.1) is 12.8 Å². The van der Waals surface area contributed by atoms with Crippen LogP contribution >= 0.6 is 0 Å². The third kappa shape index (κ3) is 2.37. The van der Waals surface area contributed by atoms with Crippen LogP contribution in [0.1, 0.15) is 10.5 Å². The highest BCUT2D eigenvalue weighted by molar-refractivity contribution is 5.92. The molecule has 0 radical (unpaired) electrons. The molecular formula is C13H10F2N2O3. The predicted molar refractivity (Wildman–Crippen MR) is 67.5 cm³/mol. The van der Waals surface area contributed by atoms with Crippen molar-refractivity contribution in [2.24, 2.45) is 0 Å². The van der Waals surface area contributed by atoms with Gasteiger partial charge in [0, 0.05) is 11.6 Å². The van der Waals surface area contributed by atoms with Crippen LogP contribution in [-0.2, 0) is 0 Å². The Morgan fingerprint density at radius 2 is 2.05 bits per heavy atom. The van der Waals surface area contributed by atoms with E-state index in [-0.39, 0.29) is 22.7 Å². The van der Waals surface area contributed by atoms with Gasteiger partial charge in [0.25, 0.3) is 0 Å². The molecule has 1 aromatic heterocycles. The van der Waals surface area contributed by atoms with Gasteiger partial charge in [-0.3, -0.25) is 0 Å². The van der Waals surface area contributed by atoms with Crippen molar-refractivity contribution in [2.45, 2.75) is 0 Å². The van der Waals surface area contributed by atoms with Gasteiger partial charge < -0.3 is 15.6 Å². The highest BCUT2D eigenvalue weighted by Crippen LogP contribution is 2.32. The molecule has 5 nitrogen and oxygen atoms in total. The third-order valence-corrected chi connectivity index (χ3v) is 2.62. The largest absolute Gasteiger partial charge is 0.496 e. The Kier molecular flexibility index (Phi) is 3.51. The molecule has 0 fully saturated rings. The van der Waals surface area contributed by atoms with E-state index in [1.54, 1.807) is 0 Å². The molecule has 0 bridgehead atoms. The van der Waals surface area contributed by atoms with Gasteiger partial charge in [0.2, 0.25) is 0 Å². The molecule has 0 atom stereocenters. The second kappa shape index (κ2) is 5.12. The van der Waals surface area contributed by atoms with Gasteiger partial charge in [0.1, 0.15) is 17.3 Å². The van der Waals surface area contributed by atoms with E-state index in [9.17, 15) is 13.6 Å². The minimum Gasteiger partial charge on any atom is -0.496 e. The molecule has 2 aromatic rings. The van der Waals surface area contributed by atoms with Crippen LogP contribution in [0.15, 0.2) is 24.3 Å². The number of carboxylic acids is 1. The lowest BCUT2D eigenvalue weighted by Gasteiger charge is -2.10. The van der Waals surface area contributed by atoms with Crippen LogP contribution in [0.5, 0.6) is 5.75 Å². The van der Waals surface area contributed by atoms with E-state index in [1.807, 2.05) is 0 Å². The van der Waals surface area contributed by atoms with Crippen LogP contribution in [0.25, 0.3) is 11.3 Å². The highest BCUT2D eigenvalue weighted by atomic mass is 19.1. The molecular weight excluding hydrogens is 270 g/mol. The Morgan fingerprint density at radius 3 is 2.65 bits per heavy atom. The first-order valence-corrected chi connectivity index (χ1v) is 5.47. The molecule has 2 rings (SSSR count). The summed E-state index contributed by atoms with van der Waals surface area (Å²) in [6, 6.07) is 4.26. The molecule has 0 amide bonds. The van der Waals surface area contributed by atoms with Gasteiger partial charge >= 0.3 is 5.97 Å². The molecule has 3 N–H and O–H groups in total. The Morgan fingerprint density at radius 1 is 1.35 bits per heavy atom. The lowest BCUT2D eigenvalue weighted by Crippen LogP contribution is -2.08. The van der Waals surface area contributed by atoms with E-state index >= 15 is 0 Å². The summed E-state index contributed by atoms with van der Waals surface area (Å²) in [4.78, 5) is 14.6. The number of nitrogens with two attached hydrogens (primary N) is 1. The smallest absolute Gasteiger partial charge is 0.356 e. The number of halogens is 2. The summed E-state index contributed by atoms with van der Waals surface area (Å²) >= 11 is 0. The van der Waals surface area contributed by atoms with Crippen molar-refractivity contribution in [2.75, 3.05) is 12.8 Å². The average molecular weight is 280 g/mol. The zero-order valence-corrected chi connectivity index (χ0v) is 10.4. The quantitative estimate of drug-likeness (QED) is 0.901. The van der Waals surface area contributed by atoms with Crippen LogP contribution < -0.4 is 10.5 Å². The number of ether oxygens (including phenoxy) is 1. The van der Waals surface area contributed by atoms with Gasteiger partial charge in [-0.25, -0.2) is 18.6 Å². The van der Waals surface area contributed by atoms with Gasteiger partial charge in [0.15, 0.2) is 11.5 Å². The van der Waals surface area contributed by atoms with Crippen molar-refractivity contribution >= 4 is 11.7 Å². The van der Waals surface area contributed by atoms with Gasteiger partial charge in [-0.15, -0.1) is 0 Å². The molecule has 104 valence electrons. The maximum atomic E-state index is 13.9. The Hall–Kier alpha value is -2.70. The minimum absolute atomic E-state index is 0.00694. The highest BCUT2D eigenvalue weighted by Gasteiger charge is 2.19. The number of nitrogens with zero attached hydrogens (tertiary/aromatic N) is 1. The SMILES string of the molecule is COc1ccc(F)cc1-c1nc(C(=O)O)c(N)cc1F. The summed E-state index contributed by atoms with van der Waals surface area (Å²) in [5.74, 6) is -2.73. The van der Waals surface area contributed by atoms with Gasteiger partial charge in [-0.05, 0) is 18.2 Å². The maximum absolute atomic E-state index is 13.9. The summed E-state index contributed by atoms with van der Waals surface area (Å²) < 4.78 is 32.2. The number of rotatable bonds is 3. The fourth-order valence-corrected chi connectivity index (χ4v) is 1.73. The molecule has 0 aliphatic carbocycles. The lowest BCUT2D eigenvalue weighted by molar-refractivity contribution is 0.0692. The molecule has 7 heteroatoms. The topological polar surface area (TPSA) is 85.4 Å². The van der Waals surface area contributed by atoms with Crippen LogP contribution in [-0.4, -0.2) is 23.2 Å². The molecule has 0 spiro atoms. The van der Waals surface area contributed by atoms with Gasteiger partial charge in [-0.1, -0.05) is 0 Å². The predicted octanol–water partition coefficient (Wildman–Crippen LogP) is 2.32. The molecule has 0 unspecified atom stereocenters. The molecule has 0 saturated heterocycles. The summed E-state index contributed by atoms with van der Waals surface area (Å²) in [5, 5.41) is 8.94. The molecule has 0 saturated carbocycles. The number of aromatic nitrogens is 1. The minimum atomic E-state index is -1.40. The molecule has 0 aliphatic rings. The first-order valence-electron chi connectivity index (χ1n) is 5.47. The number of aromatic carboxylic acids is 1. The number of pyridine rings is 1. The second-order valence-electron chi connectivity index (χ2n) is 3.91. The number of nitrogen functional groups attached to an aromatic ring is 1. The Bertz CT molecular complexity index is 690. The molecule has 0 aliphatic heterocycles. The third-order valence-electron chi connectivity index (χ3n) is 2.62. The average Bonchev–Trinajstić information content (AvgIpc) is 2.38. The number of methoxy groups -OCH3 is 1. The first-order chi connectivity index (χ1) is 9.43. The van der Waals surface area contributed by atoms with E-state index in [1.165, 1.54) is 13.2 Å². The molecule has 1 heterocycles. The van der Waals surface area contributed by atoms with Crippen molar-refractivity contribution < 1.29 is 23.4 Å². The number of hydrogen-bond acceptors (Lipinski definition) is 4. The van der Waals surface area contributed by atoms with Crippen LogP contribution in [0, 0.1) is 11.6 Å². The van der Waals surface area contributed by atoms with Crippen LogP contribution in [0.3, 0.4) is 0 Å². The number of benzene rings is 1. The number of carbonyl (C=O) groups is 1. The Labute approximate surface area is 112 Å². The van der Waals surface area contributed by atoms with Gasteiger partial charge in [-0.2, -0.15) is 0 Å².